The highest BCUT2D eigenvalue weighted by Crippen LogP contribution is 2.39. The van der Waals surface area contributed by atoms with Crippen molar-refractivity contribution >= 4 is 38.7 Å². The molecule has 0 bridgehead atoms. The van der Waals surface area contributed by atoms with E-state index in [1.54, 1.807) is 0 Å². The summed E-state index contributed by atoms with van der Waals surface area (Å²) in [6.45, 7) is 2.11. The molecule has 1 unspecified atom stereocenters. The average molecular weight is 297 g/mol. The van der Waals surface area contributed by atoms with E-state index in [2.05, 4.69) is 40.0 Å². The Morgan fingerprint density at radius 2 is 2.38 bits per heavy atom. The zero-order valence-electron chi connectivity index (χ0n) is 9.09. The zero-order chi connectivity index (χ0) is 11.1. The Hall–Kier alpha value is -0.480. The lowest BCUT2D eigenvalue weighted by Crippen LogP contribution is -1.90. The summed E-state index contributed by atoms with van der Waals surface area (Å²) in [6, 6.07) is 4.23. The van der Waals surface area contributed by atoms with E-state index >= 15 is 0 Å². The van der Waals surface area contributed by atoms with Crippen LogP contribution in [0, 0.1) is 6.92 Å². The molecule has 0 radical (unpaired) electrons. The van der Waals surface area contributed by atoms with Crippen LogP contribution in [0.1, 0.15) is 29.5 Å². The molecule has 0 amide bonds. The largest absolute Gasteiger partial charge is 0.341 e. The smallest absolute Gasteiger partial charge is 0.120 e. The summed E-state index contributed by atoms with van der Waals surface area (Å²) in [6.07, 6.45) is 2.57. The molecule has 1 N–H and O–H groups in total. The molecule has 0 spiro atoms. The van der Waals surface area contributed by atoms with Crippen LogP contribution >= 0.6 is 27.7 Å². The fourth-order valence-corrected chi connectivity index (χ4v) is 4.00. The molecule has 1 saturated heterocycles. The molecule has 4 heteroatoms. The van der Waals surface area contributed by atoms with Crippen molar-refractivity contribution in [2.75, 3.05) is 5.75 Å². The van der Waals surface area contributed by atoms with Gasteiger partial charge in [0.25, 0.3) is 0 Å². The number of fused-ring (bicyclic) bond motifs is 1. The number of aromatic amines is 1. The number of nitrogens with zero attached hydrogens (tertiary/aromatic N) is 1. The highest BCUT2D eigenvalue weighted by molar-refractivity contribution is 9.10. The molecule has 84 valence electrons. The van der Waals surface area contributed by atoms with Gasteiger partial charge in [-0.3, -0.25) is 0 Å². The SMILES string of the molecule is Cc1cc(Br)cc2[nH]c(C3CCCS3)nc12. The molecule has 1 aliphatic rings. The maximum atomic E-state index is 4.74. The molecule has 0 saturated carbocycles. The Kier molecular flexibility index (Phi) is 2.72. The summed E-state index contributed by atoms with van der Waals surface area (Å²) in [4.78, 5) is 8.20. The van der Waals surface area contributed by atoms with Crippen LogP contribution < -0.4 is 0 Å². The Labute approximate surface area is 107 Å². The van der Waals surface area contributed by atoms with Crippen molar-refractivity contribution in [1.29, 1.82) is 0 Å². The number of nitrogens with one attached hydrogen (secondary N) is 1. The van der Waals surface area contributed by atoms with Crippen LogP contribution in [0.3, 0.4) is 0 Å². The Morgan fingerprint density at radius 3 is 3.12 bits per heavy atom. The first-order chi connectivity index (χ1) is 7.74. The van der Waals surface area contributed by atoms with Crippen LogP contribution in [-0.2, 0) is 0 Å². The molecular weight excluding hydrogens is 284 g/mol. The van der Waals surface area contributed by atoms with Crippen molar-refractivity contribution in [2.24, 2.45) is 0 Å². The predicted octanol–water partition coefficient (Wildman–Crippen LogP) is 4.20. The van der Waals surface area contributed by atoms with Crippen molar-refractivity contribution in [3.63, 3.8) is 0 Å². The van der Waals surface area contributed by atoms with Gasteiger partial charge in [-0.25, -0.2) is 4.98 Å². The highest BCUT2D eigenvalue weighted by Gasteiger charge is 2.21. The number of H-pyrrole nitrogens is 1. The lowest BCUT2D eigenvalue weighted by molar-refractivity contribution is 0.793. The molecule has 16 heavy (non-hydrogen) atoms. The molecule has 1 aliphatic heterocycles. The van der Waals surface area contributed by atoms with Gasteiger partial charge in [0.2, 0.25) is 0 Å². The fourth-order valence-electron chi connectivity index (χ4n) is 2.21. The van der Waals surface area contributed by atoms with Gasteiger partial charge >= 0.3 is 0 Å². The van der Waals surface area contributed by atoms with E-state index in [1.807, 2.05) is 11.8 Å². The second-order valence-corrected chi connectivity index (χ2v) is 6.47. The van der Waals surface area contributed by atoms with E-state index in [-0.39, 0.29) is 0 Å². The van der Waals surface area contributed by atoms with E-state index in [4.69, 9.17) is 4.98 Å². The van der Waals surface area contributed by atoms with Gasteiger partial charge in [-0.15, -0.1) is 0 Å². The standard InChI is InChI=1S/C12H13BrN2S/c1-7-5-8(13)6-9-11(7)15-12(14-9)10-3-2-4-16-10/h5-6,10H,2-4H2,1H3,(H,14,15). The summed E-state index contributed by atoms with van der Waals surface area (Å²) in [7, 11) is 0. The fraction of sp³-hybridized carbons (Fsp3) is 0.417. The van der Waals surface area contributed by atoms with E-state index in [0.29, 0.717) is 5.25 Å². The summed E-state index contributed by atoms with van der Waals surface area (Å²) in [5.74, 6) is 2.42. The number of hydrogen-bond donors (Lipinski definition) is 1. The van der Waals surface area contributed by atoms with Gasteiger partial charge in [0.1, 0.15) is 5.82 Å². The second-order valence-electron chi connectivity index (χ2n) is 4.24. The molecule has 2 aromatic rings. The first kappa shape index (κ1) is 10.7. The number of thioether (sulfide) groups is 1. The number of halogens is 1. The third-order valence-electron chi connectivity index (χ3n) is 2.99. The van der Waals surface area contributed by atoms with Crippen LogP contribution in [-0.4, -0.2) is 15.7 Å². The summed E-state index contributed by atoms with van der Waals surface area (Å²) < 4.78 is 1.12. The minimum atomic E-state index is 0.575. The lowest BCUT2D eigenvalue weighted by atomic mass is 10.2. The molecule has 1 fully saturated rings. The molecule has 2 heterocycles. The first-order valence-corrected chi connectivity index (χ1v) is 7.35. The number of rotatable bonds is 1. The van der Waals surface area contributed by atoms with E-state index in [1.165, 1.54) is 24.2 Å². The number of imidazole rings is 1. The maximum Gasteiger partial charge on any atom is 0.120 e. The van der Waals surface area contributed by atoms with Gasteiger partial charge in [0.05, 0.1) is 16.3 Å². The second kappa shape index (κ2) is 4.08. The third-order valence-corrected chi connectivity index (χ3v) is 4.84. The number of benzene rings is 1. The molecule has 0 aliphatic carbocycles. The van der Waals surface area contributed by atoms with Gasteiger partial charge in [-0.1, -0.05) is 15.9 Å². The molecule has 3 rings (SSSR count). The Morgan fingerprint density at radius 1 is 1.50 bits per heavy atom. The first-order valence-electron chi connectivity index (χ1n) is 5.51. The van der Waals surface area contributed by atoms with Gasteiger partial charge < -0.3 is 4.98 Å². The molecule has 2 nitrogen and oxygen atoms in total. The van der Waals surface area contributed by atoms with Gasteiger partial charge in [0.15, 0.2) is 0 Å². The molecule has 1 aromatic carbocycles. The normalized spacial score (nSPS) is 20.8. The summed E-state index contributed by atoms with van der Waals surface area (Å²) in [5.41, 5.74) is 3.50. The maximum absolute atomic E-state index is 4.74. The molecule has 1 aromatic heterocycles. The lowest BCUT2D eigenvalue weighted by Gasteiger charge is -2.02. The van der Waals surface area contributed by atoms with Crippen LogP contribution in [0.2, 0.25) is 0 Å². The van der Waals surface area contributed by atoms with E-state index < -0.39 is 0 Å². The van der Waals surface area contributed by atoms with Crippen molar-refractivity contribution < 1.29 is 0 Å². The minimum absolute atomic E-state index is 0.575. The minimum Gasteiger partial charge on any atom is -0.341 e. The number of hydrogen-bond acceptors (Lipinski definition) is 2. The molecule has 1 atom stereocenters. The molecular formula is C12H13BrN2S. The number of aryl methyl sites for hydroxylation is 1. The van der Waals surface area contributed by atoms with Crippen molar-refractivity contribution in [3.8, 4) is 0 Å². The monoisotopic (exact) mass is 296 g/mol. The van der Waals surface area contributed by atoms with E-state index in [0.717, 1.165) is 21.3 Å². The van der Waals surface area contributed by atoms with Crippen molar-refractivity contribution in [1.82, 2.24) is 9.97 Å². The quantitative estimate of drug-likeness (QED) is 0.854. The zero-order valence-corrected chi connectivity index (χ0v) is 11.5. The van der Waals surface area contributed by atoms with Crippen molar-refractivity contribution in [3.05, 3.63) is 28.0 Å². The van der Waals surface area contributed by atoms with Crippen LogP contribution in [0.5, 0.6) is 0 Å². The topological polar surface area (TPSA) is 28.7 Å². The highest BCUT2D eigenvalue weighted by atomic mass is 79.9. The van der Waals surface area contributed by atoms with Crippen molar-refractivity contribution in [2.45, 2.75) is 25.0 Å². The third kappa shape index (κ3) is 1.78. The van der Waals surface area contributed by atoms with Gasteiger partial charge in [0, 0.05) is 4.47 Å². The van der Waals surface area contributed by atoms with Crippen LogP contribution in [0.15, 0.2) is 16.6 Å². The summed E-state index contributed by atoms with van der Waals surface area (Å²) in [5, 5.41) is 0.575. The van der Waals surface area contributed by atoms with Gasteiger partial charge in [-0.2, -0.15) is 11.8 Å². The van der Waals surface area contributed by atoms with E-state index in [9.17, 15) is 0 Å². The number of aromatic nitrogens is 2. The van der Waals surface area contributed by atoms with Crippen LogP contribution in [0.4, 0.5) is 0 Å². The summed E-state index contributed by atoms with van der Waals surface area (Å²) >= 11 is 5.54. The van der Waals surface area contributed by atoms with Crippen LogP contribution in [0.25, 0.3) is 11.0 Å². The predicted molar refractivity (Wildman–Crippen MR) is 73.0 cm³/mol. The van der Waals surface area contributed by atoms with Gasteiger partial charge in [-0.05, 0) is 43.2 Å². The Balaban J connectivity index is 2.11. The average Bonchev–Trinajstić information content (AvgIpc) is 2.82. The Bertz CT molecular complexity index is 529.